The molecule has 154 valence electrons. The van der Waals surface area contributed by atoms with Gasteiger partial charge in [0.15, 0.2) is 0 Å². The summed E-state index contributed by atoms with van der Waals surface area (Å²) < 4.78 is 66.5. The van der Waals surface area contributed by atoms with E-state index in [1.165, 1.54) is 0 Å². The van der Waals surface area contributed by atoms with Gasteiger partial charge in [-0.2, -0.15) is 0 Å². The van der Waals surface area contributed by atoms with E-state index in [-0.39, 0.29) is 0 Å². The van der Waals surface area contributed by atoms with Crippen LogP contribution < -0.4 is 0 Å². The van der Waals surface area contributed by atoms with Crippen LogP contribution in [0.15, 0.2) is 30.3 Å². The van der Waals surface area contributed by atoms with Crippen LogP contribution >= 0.6 is 0 Å². The van der Waals surface area contributed by atoms with Gasteiger partial charge in [-0.1, -0.05) is 0 Å². The Hall–Kier alpha value is -1.33. The molecule has 1 aliphatic heterocycles. The smallest absolute Gasteiger partial charge is 0.418 e. The minimum atomic E-state index is -6.00. The molecule has 0 N–H and O–H groups in total. The molecule has 0 amide bonds. The Morgan fingerprint density at radius 1 is 0.667 bits per heavy atom. The molecule has 0 radical (unpaired) electrons. The van der Waals surface area contributed by atoms with Crippen molar-refractivity contribution in [2.45, 2.75) is 13.2 Å². The average Bonchev–Trinajstić information content (AvgIpc) is 2.81. The lowest BCUT2D eigenvalue weighted by Gasteiger charge is -2.08. The Bertz CT molecular complexity index is 469. The summed E-state index contributed by atoms with van der Waals surface area (Å²) in [6.07, 6.45) is 0. The Balaban J connectivity index is 0.000000646. The Kier molecular flexibility index (Phi) is 12.9. The molecule has 0 aliphatic carbocycles. The molecule has 5 nitrogen and oxygen atoms in total. The molecule has 0 atom stereocenters. The van der Waals surface area contributed by atoms with E-state index in [4.69, 9.17) is 23.7 Å². The molecule has 27 heavy (non-hydrogen) atoms. The van der Waals surface area contributed by atoms with Crippen LogP contribution in [-0.4, -0.2) is 60.1 Å². The summed E-state index contributed by atoms with van der Waals surface area (Å²) in [7, 11) is -6.00. The number of rotatable bonds is 0. The summed E-state index contributed by atoms with van der Waals surface area (Å²) in [4.78, 5) is 0. The second-order valence-electron chi connectivity index (χ2n) is 5.45. The SMILES string of the molecule is F[B-](F)(F)F.c1cc2cc(c[cH+]1)COCCOCCOCCOCCOC2. The highest BCUT2D eigenvalue weighted by Crippen LogP contribution is 2.07. The third kappa shape index (κ3) is 16.6. The lowest BCUT2D eigenvalue weighted by molar-refractivity contribution is -0.0143. The fraction of sp³-hybridized carbons (Fsp3) is 0.588. The monoisotopic (exact) mass is 396 g/mol. The largest absolute Gasteiger partial charge is 0.673 e. The van der Waals surface area contributed by atoms with Crippen molar-refractivity contribution in [2.24, 2.45) is 0 Å². The molecule has 1 aromatic carbocycles. The van der Waals surface area contributed by atoms with Gasteiger partial charge in [0, 0.05) is 29.8 Å². The molecule has 10 heteroatoms. The predicted octanol–water partition coefficient (Wildman–Crippen LogP) is 3.36. The van der Waals surface area contributed by atoms with Gasteiger partial charge in [0.25, 0.3) is 0 Å². The molecule has 0 aromatic heterocycles. The highest BCUT2D eigenvalue weighted by molar-refractivity contribution is 6.50. The van der Waals surface area contributed by atoms with Crippen LogP contribution in [0, 0.1) is 0 Å². The van der Waals surface area contributed by atoms with Crippen LogP contribution in [0.3, 0.4) is 0 Å². The number of ether oxygens (including phenoxy) is 5. The van der Waals surface area contributed by atoms with Crippen molar-refractivity contribution >= 4 is 7.25 Å². The minimum Gasteiger partial charge on any atom is -0.418 e. The minimum absolute atomic E-state index is 0.574. The van der Waals surface area contributed by atoms with Gasteiger partial charge >= 0.3 is 7.25 Å². The fourth-order valence-electron chi connectivity index (χ4n) is 2.03. The maximum Gasteiger partial charge on any atom is 0.673 e. The highest BCUT2D eigenvalue weighted by Gasteiger charge is 2.20. The Labute approximate surface area is 156 Å². The molecule has 1 aliphatic rings. The normalized spacial score (nSPS) is 18.4. The van der Waals surface area contributed by atoms with Gasteiger partial charge in [0.05, 0.1) is 71.1 Å². The topological polar surface area (TPSA) is 46.2 Å². The van der Waals surface area contributed by atoms with E-state index < -0.39 is 7.25 Å². The molecule has 0 spiro atoms. The van der Waals surface area contributed by atoms with E-state index in [0.29, 0.717) is 66.1 Å². The van der Waals surface area contributed by atoms with Crippen LogP contribution in [0.5, 0.6) is 0 Å². The third-order valence-corrected chi connectivity index (χ3v) is 3.13. The molecule has 0 saturated carbocycles. The zero-order valence-electron chi connectivity index (χ0n) is 15.1. The lowest BCUT2D eigenvalue weighted by atomic mass is 10.2. The summed E-state index contributed by atoms with van der Waals surface area (Å²) in [6, 6.07) is 10.3. The predicted molar refractivity (Wildman–Crippen MR) is 92.8 cm³/mol. The summed E-state index contributed by atoms with van der Waals surface area (Å²) in [5.74, 6) is 0. The first-order chi connectivity index (χ1) is 12.9. The number of hydrogen-bond donors (Lipinski definition) is 0. The van der Waals surface area contributed by atoms with Gasteiger partial charge in [0.2, 0.25) is 0 Å². The van der Waals surface area contributed by atoms with Crippen LogP contribution in [0.25, 0.3) is 0 Å². The lowest BCUT2D eigenvalue weighted by Crippen LogP contribution is -2.13. The summed E-state index contributed by atoms with van der Waals surface area (Å²) in [5, 5.41) is 0. The van der Waals surface area contributed by atoms with Crippen LogP contribution in [0.2, 0.25) is 0 Å². The van der Waals surface area contributed by atoms with E-state index in [9.17, 15) is 17.3 Å². The van der Waals surface area contributed by atoms with Crippen LogP contribution in [0.4, 0.5) is 17.3 Å². The Morgan fingerprint density at radius 2 is 1.07 bits per heavy atom. The third-order valence-electron chi connectivity index (χ3n) is 3.13. The first-order valence-electron chi connectivity index (χ1n) is 8.62. The van der Waals surface area contributed by atoms with Crippen molar-refractivity contribution in [3.8, 4) is 0 Å². The van der Waals surface area contributed by atoms with Gasteiger partial charge in [-0.15, -0.1) is 0 Å². The van der Waals surface area contributed by atoms with Crippen molar-refractivity contribution in [3.05, 3.63) is 41.5 Å². The van der Waals surface area contributed by atoms with E-state index in [2.05, 4.69) is 18.2 Å². The molecule has 1 aromatic rings. The average molecular weight is 396 g/mol. The van der Waals surface area contributed by atoms with E-state index >= 15 is 0 Å². The number of halogens is 4. The molecule has 1 heterocycles. The van der Waals surface area contributed by atoms with Crippen molar-refractivity contribution in [1.29, 1.82) is 0 Å². The van der Waals surface area contributed by atoms with Gasteiger partial charge in [-0.05, 0) is 0 Å². The van der Waals surface area contributed by atoms with Gasteiger partial charge in [-0.3, -0.25) is 0 Å². The number of fused-ring (bicyclic) bond motifs is 2. The second kappa shape index (κ2) is 14.7. The van der Waals surface area contributed by atoms with Crippen LogP contribution in [0.1, 0.15) is 11.1 Å². The summed E-state index contributed by atoms with van der Waals surface area (Å²) >= 11 is 0. The van der Waals surface area contributed by atoms with Crippen molar-refractivity contribution in [3.63, 3.8) is 0 Å². The molecule has 0 fully saturated rings. The van der Waals surface area contributed by atoms with Gasteiger partial charge < -0.3 is 40.9 Å². The first-order valence-corrected chi connectivity index (χ1v) is 8.62. The van der Waals surface area contributed by atoms with Crippen molar-refractivity contribution in [1.82, 2.24) is 0 Å². The van der Waals surface area contributed by atoms with Crippen molar-refractivity contribution < 1.29 is 40.9 Å². The molecule has 2 bridgehead atoms. The fourth-order valence-corrected chi connectivity index (χ4v) is 2.03. The van der Waals surface area contributed by atoms with E-state index in [1.54, 1.807) is 0 Å². The quantitative estimate of drug-likeness (QED) is 0.382. The molecule has 0 unspecified atom stereocenters. The Morgan fingerprint density at radius 3 is 1.56 bits per heavy atom. The maximum atomic E-state index is 9.75. The highest BCUT2D eigenvalue weighted by atomic mass is 19.5. The molecule has 0 saturated heterocycles. The zero-order chi connectivity index (χ0) is 19.8. The van der Waals surface area contributed by atoms with Crippen LogP contribution in [-0.2, 0) is 36.9 Å². The molecular weight excluding hydrogens is 371 g/mol. The summed E-state index contributed by atoms with van der Waals surface area (Å²) in [6.45, 7) is 5.78. The van der Waals surface area contributed by atoms with E-state index in [0.717, 1.165) is 11.1 Å². The second-order valence-corrected chi connectivity index (χ2v) is 5.45. The maximum absolute atomic E-state index is 9.75. The molecule has 2 rings (SSSR count). The first kappa shape index (κ1) is 23.7. The number of hydrogen-bond acceptors (Lipinski definition) is 5. The zero-order valence-corrected chi connectivity index (χ0v) is 15.1. The standard InChI is InChI=1S/C17H25O5.BF4/c1-2-4-17-13-16(3-1)14-21-11-9-19-7-5-18-6-8-20-10-12-22-15-17;2-1(3,4)5/h1-4,13H,5-12,14-15H2;/q+1;-1. The van der Waals surface area contributed by atoms with E-state index in [1.807, 2.05) is 12.1 Å². The van der Waals surface area contributed by atoms with Crippen molar-refractivity contribution in [2.75, 3.05) is 52.9 Å². The van der Waals surface area contributed by atoms with Gasteiger partial charge in [0.1, 0.15) is 6.61 Å². The summed E-state index contributed by atoms with van der Waals surface area (Å²) in [5.41, 5.74) is 2.26. The van der Waals surface area contributed by atoms with Gasteiger partial charge in [-0.25, -0.2) is 0 Å². The molecular formula is C17H25BF4O5.